The van der Waals surface area contributed by atoms with Crippen LogP contribution in [0.1, 0.15) is 17.3 Å². The van der Waals surface area contributed by atoms with E-state index >= 15 is 0 Å². The Labute approximate surface area is 181 Å². The molecule has 2 aromatic heterocycles. The summed E-state index contributed by atoms with van der Waals surface area (Å²) in [6, 6.07) is 16.8. The fourth-order valence-electron chi connectivity index (χ4n) is 2.88. The van der Waals surface area contributed by atoms with Gasteiger partial charge in [0.25, 0.3) is 5.69 Å². The van der Waals surface area contributed by atoms with Crippen molar-refractivity contribution in [3.63, 3.8) is 0 Å². The minimum atomic E-state index is -0.501. The molecule has 0 aliphatic rings. The molecule has 0 saturated heterocycles. The van der Waals surface area contributed by atoms with Crippen LogP contribution in [0.25, 0.3) is 16.9 Å². The van der Waals surface area contributed by atoms with Crippen LogP contribution in [0.15, 0.2) is 65.8 Å². The molecule has 4 aromatic rings. The summed E-state index contributed by atoms with van der Waals surface area (Å²) in [7, 11) is 0. The maximum Gasteiger partial charge on any atom is 0.269 e. The number of thioether (sulfide) groups is 1. The Morgan fingerprint density at radius 1 is 1.06 bits per heavy atom. The number of nitro benzene ring substituents is 1. The molecule has 4 rings (SSSR count). The van der Waals surface area contributed by atoms with Gasteiger partial charge in [0.1, 0.15) is 5.75 Å². The Hall–Kier alpha value is -3.79. The maximum atomic E-state index is 12.5. The van der Waals surface area contributed by atoms with E-state index in [4.69, 9.17) is 4.74 Å². The van der Waals surface area contributed by atoms with Crippen LogP contribution >= 0.6 is 11.8 Å². The van der Waals surface area contributed by atoms with Crippen molar-refractivity contribution in [3.05, 3.63) is 76.3 Å². The number of non-ortho nitro benzene ring substituents is 1. The highest BCUT2D eigenvalue weighted by atomic mass is 32.2. The number of nitrogens with zero attached hydrogens (tertiary/aromatic N) is 5. The summed E-state index contributed by atoms with van der Waals surface area (Å²) >= 11 is 1.21. The predicted molar refractivity (Wildman–Crippen MR) is 116 cm³/mol. The fourth-order valence-corrected chi connectivity index (χ4v) is 3.67. The first-order valence-corrected chi connectivity index (χ1v) is 10.4. The molecule has 0 spiro atoms. The first-order valence-electron chi connectivity index (χ1n) is 9.41. The van der Waals surface area contributed by atoms with E-state index in [0.29, 0.717) is 23.0 Å². The number of hydrogen-bond acceptors (Lipinski definition) is 8. The molecule has 0 saturated carbocycles. The third-order valence-electron chi connectivity index (χ3n) is 4.43. The predicted octanol–water partition coefficient (Wildman–Crippen LogP) is 4.07. The van der Waals surface area contributed by atoms with E-state index in [0.717, 1.165) is 17.0 Å². The first kappa shape index (κ1) is 20.5. The Morgan fingerprint density at radius 2 is 1.81 bits per heavy atom. The Balaban J connectivity index is 1.51. The molecule has 0 aliphatic heterocycles. The van der Waals surface area contributed by atoms with Crippen LogP contribution in [0.3, 0.4) is 0 Å². The molecule has 0 amide bonds. The zero-order valence-corrected chi connectivity index (χ0v) is 17.3. The summed E-state index contributed by atoms with van der Waals surface area (Å²) < 4.78 is 7.07. The number of fused-ring (bicyclic) bond motifs is 1. The molecule has 0 fully saturated rings. The number of nitro groups is 1. The van der Waals surface area contributed by atoms with Crippen LogP contribution in [0.4, 0.5) is 5.69 Å². The normalized spacial score (nSPS) is 10.9. The highest BCUT2D eigenvalue weighted by Crippen LogP contribution is 2.23. The largest absolute Gasteiger partial charge is 0.494 e. The van der Waals surface area contributed by atoms with Gasteiger partial charge < -0.3 is 4.74 Å². The first-order chi connectivity index (χ1) is 15.0. The number of carbonyl (C=O) groups excluding carboxylic acids is 1. The maximum absolute atomic E-state index is 12.5. The van der Waals surface area contributed by atoms with Gasteiger partial charge in [-0.15, -0.1) is 10.2 Å². The zero-order chi connectivity index (χ0) is 21.8. The molecule has 156 valence electrons. The van der Waals surface area contributed by atoms with E-state index in [2.05, 4.69) is 15.3 Å². The molecule has 2 aromatic carbocycles. The van der Waals surface area contributed by atoms with E-state index < -0.39 is 4.92 Å². The molecular weight excluding hydrogens is 418 g/mol. The quantitative estimate of drug-likeness (QED) is 0.176. The average molecular weight is 435 g/mol. The third kappa shape index (κ3) is 4.53. The lowest BCUT2D eigenvalue weighted by atomic mass is 10.1. The van der Waals surface area contributed by atoms with E-state index in [9.17, 15) is 14.9 Å². The van der Waals surface area contributed by atoms with Crippen molar-refractivity contribution >= 4 is 28.9 Å². The van der Waals surface area contributed by atoms with Crippen molar-refractivity contribution in [1.82, 2.24) is 19.8 Å². The van der Waals surface area contributed by atoms with Gasteiger partial charge in [-0.05, 0) is 55.5 Å². The van der Waals surface area contributed by atoms with Crippen molar-refractivity contribution in [2.24, 2.45) is 0 Å². The van der Waals surface area contributed by atoms with Gasteiger partial charge in [-0.1, -0.05) is 11.8 Å². The second kappa shape index (κ2) is 8.92. The van der Waals surface area contributed by atoms with Crippen LogP contribution < -0.4 is 4.74 Å². The van der Waals surface area contributed by atoms with Crippen LogP contribution in [-0.2, 0) is 0 Å². The monoisotopic (exact) mass is 435 g/mol. The molecule has 10 heteroatoms. The third-order valence-corrected chi connectivity index (χ3v) is 5.35. The van der Waals surface area contributed by atoms with Crippen molar-refractivity contribution < 1.29 is 14.5 Å². The fraction of sp³-hybridized carbons (Fsp3) is 0.143. The molecule has 0 unspecified atom stereocenters. The molecule has 0 bridgehead atoms. The Morgan fingerprint density at radius 3 is 2.48 bits per heavy atom. The lowest BCUT2D eigenvalue weighted by Gasteiger charge is -2.05. The molecule has 0 N–H and O–H groups in total. The SMILES string of the molecule is CCOc1ccc(-c2ccc3nnc(SCC(=O)c4ccc([N+](=O)[O-])cc4)n3n2)cc1. The molecule has 2 heterocycles. The van der Waals surface area contributed by atoms with Crippen molar-refractivity contribution in [2.75, 3.05) is 12.4 Å². The van der Waals surface area contributed by atoms with Gasteiger partial charge in [0.2, 0.25) is 5.16 Å². The summed E-state index contributed by atoms with van der Waals surface area (Å²) in [6.07, 6.45) is 0. The number of hydrogen-bond donors (Lipinski definition) is 0. The van der Waals surface area contributed by atoms with Gasteiger partial charge in [0.15, 0.2) is 11.4 Å². The standard InChI is InChI=1S/C21H17N5O4S/c1-2-30-17-9-5-14(6-10-17)18-11-12-20-22-23-21(25(20)24-18)31-13-19(27)15-3-7-16(8-4-15)26(28)29/h3-12H,2,13H2,1H3. The summed E-state index contributed by atoms with van der Waals surface area (Å²) in [5, 5.41) is 24.1. The highest BCUT2D eigenvalue weighted by Gasteiger charge is 2.14. The second-order valence-corrected chi connectivity index (χ2v) is 7.39. The molecule has 31 heavy (non-hydrogen) atoms. The minimum Gasteiger partial charge on any atom is -0.494 e. The molecule has 9 nitrogen and oxygen atoms in total. The Bertz CT molecular complexity index is 1240. The summed E-state index contributed by atoms with van der Waals surface area (Å²) in [5.41, 5.74) is 2.56. The lowest BCUT2D eigenvalue weighted by Crippen LogP contribution is -2.04. The van der Waals surface area contributed by atoms with E-state index in [-0.39, 0.29) is 17.2 Å². The number of carbonyl (C=O) groups is 1. The number of ketones is 1. The van der Waals surface area contributed by atoms with E-state index in [1.807, 2.05) is 43.3 Å². The van der Waals surface area contributed by atoms with Crippen molar-refractivity contribution in [2.45, 2.75) is 12.1 Å². The van der Waals surface area contributed by atoms with Crippen LogP contribution in [-0.4, -0.2) is 42.9 Å². The Kier molecular flexibility index (Phi) is 5.89. The molecule has 0 atom stereocenters. The number of aromatic nitrogens is 4. The van der Waals surface area contributed by atoms with Crippen molar-refractivity contribution in [1.29, 1.82) is 0 Å². The van der Waals surface area contributed by atoms with Gasteiger partial charge in [0, 0.05) is 23.3 Å². The number of ether oxygens (including phenoxy) is 1. The van der Waals surface area contributed by atoms with Gasteiger partial charge in [-0.2, -0.15) is 9.61 Å². The summed E-state index contributed by atoms with van der Waals surface area (Å²) in [5.74, 6) is 0.727. The van der Waals surface area contributed by atoms with E-state index in [1.165, 1.54) is 36.0 Å². The number of rotatable bonds is 8. The van der Waals surface area contributed by atoms with Crippen LogP contribution in [0.5, 0.6) is 5.75 Å². The van der Waals surface area contributed by atoms with Gasteiger partial charge in [0.05, 0.1) is 23.0 Å². The van der Waals surface area contributed by atoms with Gasteiger partial charge in [-0.25, -0.2) is 0 Å². The van der Waals surface area contributed by atoms with Crippen LogP contribution in [0, 0.1) is 10.1 Å². The number of benzene rings is 2. The van der Waals surface area contributed by atoms with Gasteiger partial charge in [-0.3, -0.25) is 14.9 Å². The summed E-state index contributed by atoms with van der Waals surface area (Å²) in [6.45, 7) is 2.53. The lowest BCUT2D eigenvalue weighted by molar-refractivity contribution is -0.384. The average Bonchev–Trinajstić information content (AvgIpc) is 3.20. The highest BCUT2D eigenvalue weighted by molar-refractivity contribution is 7.99. The topological polar surface area (TPSA) is 113 Å². The number of Topliss-reactive ketones (excluding diaryl/α,β-unsaturated/α-hetero) is 1. The van der Waals surface area contributed by atoms with Crippen LogP contribution in [0.2, 0.25) is 0 Å². The molecule has 0 aliphatic carbocycles. The van der Waals surface area contributed by atoms with E-state index in [1.54, 1.807) is 4.52 Å². The molecular formula is C21H17N5O4S. The zero-order valence-electron chi connectivity index (χ0n) is 16.5. The molecule has 0 radical (unpaired) electrons. The minimum absolute atomic E-state index is 0.0568. The smallest absolute Gasteiger partial charge is 0.269 e. The summed E-state index contributed by atoms with van der Waals surface area (Å²) in [4.78, 5) is 22.7. The second-order valence-electron chi connectivity index (χ2n) is 6.44. The van der Waals surface area contributed by atoms with Gasteiger partial charge >= 0.3 is 0 Å². The van der Waals surface area contributed by atoms with Crippen molar-refractivity contribution in [3.8, 4) is 17.0 Å².